The van der Waals surface area contributed by atoms with Crippen LogP contribution in [0.3, 0.4) is 0 Å². The molecule has 6 rings (SSSR count). The van der Waals surface area contributed by atoms with E-state index in [1.807, 2.05) is 36.4 Å². The Bertz CT molecular complexity index is 2230. The van der Waals surface area contributed by atoms with Gasteiger partial charge in [-0.05, 0) is 206 Å². The summed E-state index contributed by atoms with van der Waals surface area (Å²) in [6, 6.07) is 30.1. The molecule has 0 bridgehead atoms. The van der Waals surface area contributed by atoms with Crippen LogP contribution in [0, 0.1) is 12.8 Å². The molecule has 71 heavy (non-hydrogen) atoms. The largest absolute Gasteiger partial charge is 0.508 e. The predicted molar refractivity (Wildman–Crippen MR) is 292 cm³/mol. The van der Waals surface area contributed by atoms with Crippen LogP contribution in [-0.2, 0) is 44.9 Å². The fraction of sp³-hybridized carbons (Fsp3) is 0.508. The summed E-state index contributed by atoms with van der Waals surface area (Å²) in [5, 5.41) is 74.4. The molecule has 0 heterocycles. The van der Waals surface area contributed by atoms with Crippen LogP contribution < -0.4 is 21.3 Å². The van der Waals surface area contributed by atoms with Crippen molar-refractivity contribution in [2.24, 2.45) is 5.92 Å². The van der Waals surface area contributed by atoms with E-state index in [-0.39, 0.29) is 34.5 Å². The molecule has 388 valence electrons. The topological polar surface area (TPSA) is 169 Å². The van der Waals surface area contributed by atoms with E-state index in [0.717, 1.165) is 111 Å². The lowest BCUT2D eigenvalue weighted by Gasteiger charge is -2.21. The Balaban J connectivity index is 0.000000264. The summed E-state index contributed by atoms with van der Waals surface area (Å²) in [4.78, 5) is 0. The van der Waals surface area contributed by atoms with Crippen molar-refractivity contribution in [2.75, 3.05) is 52.4 Å². The van der Waals surface area contributed by atoms with Gasteiger partial charge in [0.2, 0.25) is 0 Å². The Morgan fingerprint density at radius 1 is 0.394 bits per heavy atom. The van der Waals surface area contributed by atoms with Gasteiger partial charge in [-0.3, -0.25) is 0 Å². The minimum Gasteiger partial charge on any atom is -0.508 e. The van der Waals surface area contributed by atoms with E-state index in [4.69, 9.17) is 0 Å². The number of hydrogen-bond donors (Lipinski definition) is 10. The number of hydrogen-bond acceptors (Lipinski definition) is 10. The monoisotopic (exact) mass is 973 g/mol. The molecule has 10 nitrogen and oxygen atoms in total. The van der Waals surface area contributed by atoms with E-state index in [2.05, 4.69) is 52.5 Å². The average Bonchev–Trinajstić information content (AvgIpc) is 3.37. The first-order valence-electron chi connectivity index (χ1n) is 27.2. The first-order valence-corrected chi connectivity index (χ1v) is 27.2. The Morgan fingerprint density at radius 3 is 1.28 bits per heavy atom. The molecule has 0 unspecified atom stereocenters. The molecular weight excluding hydrogens is 885 g/mol. The lowest BCUT2D eigenvalue weighted by molar-refractivity contribution is 0.333. The summed E-state index contributed by atoms with van der Waals surface area (Å²) in [6.45, 7) is 10.3. The maximum atomic E-state index is 10.4. The highest BCUT2D eigenvalue weighted by Gasteiger charge is 2.15. The molecule has 5 aromatic rings. The number of nitrogens with one attached hydrogen (secondary N) is 4. The number of phenols is 6. The van der Waals surface area contributed by atoms with Crippen LogP contribution in [0.5, 0.6) is 34.5 Å². The molecule has 5 aromatic carbocycles. The van der Waals surface area contributed by atoms with E-state index >= 15 is 0 Å². The second-order valence-corrected chi connectivity index (χ2v) is 19.8. The molecular formula is C61H88N4O6. The van der Waals surface area contributed by atoms with E-state index < -0.39 is 0 Å². The van der Waals surface area contributed by atoms with Gasteiger partial charge in [0.1, 0.15) is 11.5 Å². The highest BCUT2D eigenvalue weighted by molar-refractivity contribution is 5.50. The fourth-order valence-corrected chi connectivity index (χ4v) is 9.74. The second-order valence-electron chi connectivity index (χ2n) is 19.8. The maximum Gasteiger partial charge on any atom is 0.160 e. The van der Waals surface area contributed by atoms with Crippen molar-refractivity contribution in [1.82, 2.24) is 21.3 Å². The minimum atomic E-state index is -0.0812. The lowest BCUT2D eigenvalue weighted by atomic mass is 9.87. The summed E-state index contributed by atoms with van der Waals surface area (Å²) in [5.74, 6) is 1.26. The van der Waals surface area contributed by atoms with Gasteiger partial charge >= 0.3 is 0 Å². The Kier molecular flexibility index (Phi) is 26.7. The van der Waals surface area contributed by atoms with Gasteiger partial charge in [-0.15, -0.1) is 0 Å². The van der Waals surface area contributed by atoms with Gasteiger partial charge in [0.25, 0.3) is 0 Å². The van der Waals surface area contributed by atoms with Crippen molar-refractivity contribution in [3.63, 3.8) is 0 Å². The number of rotatable bonds is 32. The van der Waals surface area contributed by atoms with E-state index in [1.54, 1.807) is 36.4 Å². The summed E-state index contributed by atoms with van der Waals surface area (Å²) in [6.07, 6.45) is 23.7. The molecule has 10 heteroatoms. The normalized spacial score (nSPS) is 12.7. The molecule has 0 saturated heterocycles. The van der Waals surface area contributed by atoms with E-state index in [0.29, 0.717) is 25.7 Å². The number of unbranched alkanes of at least 4 members (excludes halogenated alkanes) is 6. The van der Waals surface area contributed by atoms with Crippen molar-refractivity contribution in [3.05, 3.63) is 142 Å². The van der Waals surface area contributed by atoms with Gasteiger partial charge in [0.05, 0.1) is 0 Å². The van der Waals surface area contributed by atoms with E-state index in [1.165, 1.54) is 101 Å². The zero-order chi connectivity index (χ0) is 50.3. The summed E-state index contributed by atoms with van der Waals surface area (Å²) in [5.41, 5.74) is 8.42. The highest BCUT2D eigenvalue weighted by Crippen LogP contribution is 2.34. The third-order valence-electron chi connectivity index (χ3n) is 14.1. The van der Waals surface area contributed by atoms with Crippen LogP contribution in [0.2, 0.25) is 0 Å². The van der Waals surface area contributed by atoms with E-state index in [9.17, 15) is 30.6 Å². The van der Waals surface area contributed by atoms with Crippen LogP contribution in [0.4, 0.5) is 0 Å². The summed E-state index contributed by atoms with van der Waals surface area (Å²) in [7, 11) is 0. The molecule has 1 aliphatic carbocycles. The maximum absolute atomic E-state index is 10.4. The first-order chi connectivity index (χ1) is 34.7. The summed E-state index contributed by atoms with van der Waals surface area (Å²) >= 11 is 0. The first kappa shape index (κ1) is 56.7. The van der Waals surface area contributed by atoms with Crippen LogP contribution in [0.25, 0.3) is 0 Å². The number of aryl methyl sites for hydroxylation is 3. The zero-order valence-corrected chi connectivity index (χ0v) is 43.0. The van der Waals surface area contributed by atoms with Gasteiger partial charge < -0.3 is 51.9 Å². The molecule has 1 fully saturated rings. The van der Waals surface area contributed by atoms with Gasteiger partial charge in [-0.25, -0.2) is 0 Å². The zero-order valence-electron chi connectivity index (χ0n) is 43.0. The highest BCUT2D eigenvalue weighted by atomic mass is 16.3. The fourth-order valence-electron chi connectivity index (χ4n) is 9.74. The van der Waals surface area contributed by atoms with Crippen LogP contribution in [0.15, 0.2) is 97.1 Å². The van der Waals surface area contributed by atoms with Crippen molar-refractivity contribution in [2.45, 2.75) is 142 Å². The molecule has 0 spiro atoms. The Hall–Kier alpha value is -5.26. The van der Waals surface area contributed by atoms with Crippen molar-refractivity contribution in [3.8, 4) is 34.5 Å². The average molecular weight is 973 g/mol. The van der Waals surface area contributed by atoms with Crippen molar-refractivity contribution < 1.29 is 30.6 Å². The quantitative estimate of drug-likeness (QED) is 0.0148. The Labute approximate surface area is 426 Å². The standard InChI is InChI=1S/C31H42N2O3.C30H46N2O3/c1-24-9-11-25(12-10-24)17-21-32-19-4-2-3-5-20-33-22-18-27-14-16-30(35)31(36)29(27)15-13-26-7-6-8-28(34)23-26;33-27-12-8-11-25(23-27)13-15-28-26(14-16-29(34)30(28)35)18-22-32-20-7-2-1-6-19-31-21-17-24-9-4-3-5-10-24/h6-12,14,16,23,32-36H,2-5,13,15,17-22H2,1H3;8,11-12,14,16,23-24,31-35H,1-7,9-10,13,15,17-22H2. The SMILES string of the molecule is Cc1ccc(CCNCCCCCCNCCc2ccc(O)c(O)c2CCc2cccc(O)c2)cc1.Oc1cccc(CCc2c(CCNCCCCCCNCCC3CCCCC3)ccc(O)c2O)c1. The third-order valence-corrected chi connectivity index (χ3v) is 14.1. The van der Waals surface area contributed by atoms with Crippen LogP contribution in [0.1, 0.15) is 134 Å². The van der Waals surface area contributed by atoms with Gasteiger partial charge in [0.15, 0.2) is 23.0 Å². The molecule has 10 N–H and O–H groups in total. The molecule has 0 radical (unpaired) electrons. The third kappa shape index (κ3) is 22.4. The minimum absolute atomic E-state index is 0.0185. The number of benzene rings is 5. The molecule has 0 aromatic heterocycles. The van der Waals surface area contributed by atoms with Crippen LogP contribution in [-0.4, -0.2) is 83.0 Å². The molecule has 0 aliphatic heterocycles. The Morgan fingerprint density at radius 2 is 0.831 bits per heavy atom. The lowest BCUT2D eigenvalue weighted by Crippen LogP contribution is -2.21. The second kappa shape index (κ2) is 33.4. The number of phenolic OH excluding ortho intramolecular Hbond substituents is 6. The van der Waals surface area contributed by atoms with Crippen LogP contribution >= 0.6 is 0 Å². The molecule has 1 saturated carbocycles. The molecule has 1 aliphatic rings. The smallest absolute Gasteiger partial charge is 0.160 e. The van der Waals surface area contributed by atoms with Gasteiger partial charge in [0, 0.05) is 11.1 Å². The van der Waals surface area contributed by atoms with Crippen molar-refractivity contribution >= 4 is 0 Å². The molecule has 0 atom stereocenters. The molecule has 0 amide bonds. The number of aromatic hydroxyl groups is 6. The van der Waals surface area contributed by atoms with Crippen molar-refractivity contribution in [1.29, 1.82) is 0 Å². The summed E-state index contributed by atoms with van der Waals surface area (Å²) < 4.78 is 0. The van der Waals surface area contributed by atoms with Gasteiger partial charge in [-0.2, -0.15) is 0 Å². The predicted octanol–water partition coefficient (Wildman–Crippen LogP) is 11.3. The van der Waals surface area contributed by atoms with Gasteiger partial charge in [-0.1, -0.05) is 124 Å².